The number of rotatable bonds is 6. The zero-order chi connectivity index (χ0) is 7.82. The van der Waals surface area contributed by atoms with Crippen molar-refractivity contribution in [2.45, 2.75) is 46.0 Å². The Balaban J connectivity index is 3.09. The Morgan fingerprint density at radius 1 is 1.20 bits per heavy atom. The molecule has 0 aromatic rings. The molecular weight excluding hydrogens is 124 g/mol. The highest BCUT2D eigenvalue weighted by molar-refractivity contribution is 4.54. The highest BCUT2D eigenvalue weighted by atomic mass is 16.3. The topological polar surface area (TPSA) is 20.2 Å². The van der Waals surface area contributed by atoms with E-state index in [1.54, 1.807) is 0 Å². The molecule has 0 rings (SSSR count). The third-order valence-electron chi connectivity index (χ3n) is 2.05. The molecule has 1 N–H and O–H groups in total. The van der Waals surface area contributed by atoms with E-state index in [9.17, 15) is 0 Å². The molecule has 0 aliphatic carbocycles. The van der Waals surface area contributed by atoms with Crippen LogP contribution in [0.2, 0.25) is 0 Å². The van der Waals surface area contributed by atoms with E-state index in [2.05, 4.69) is 13.8 Å². The van der Waals surface area contributed by atoms with Crippen LogP contribution in [0.3, 0.4) is 0 Å². The number of aliphatic hydroxyl groups excluding tert-OH is 1. The summed E-state index contributed by atoms with van der Waals surface area (Å²) in [5.74, 6) is 0.562. The van der Waals surface area contributed by atoms with Crippen LogP contribution in [0.4, 0.5) is 0 Å². The molecule has 0 saturated heterocycles. The lowest BCUT2D eigenvalue weighted by molar-refractivity contribution is 0.212. The van der Waals surface area contributed by atoms with E-state index in [1.807, 2.05) is 0 Å². The van der Waals surface area contributed by atoms with E-state index < -0.39 is 0 Å². The van der Waals surface area contributed by atoms with Gasteiger partial charge in [0.25, 0.3) is 0 Å². The molecule has 0 amide bonds. The summed E-state index contributed by atoms with van der Waals surface area (Å²) in [5, 5.41) is 8.83. The minimum Gasteiger partial charge on any atom is -0.396 e. The fourth-order valence-corrected chi connectivity index (χ4v) is 1.11. The lowest BCUT2D eigenvalue weighted by Gasteiger charge is -2.09. The predicted octanol–water partition coefficient (Wildman–Crippen LogP) is 2.59. The van der Waals surface area contributed by atoms with Crippen molar-refractivity contribution in [1.82, 2.24) is 0 Å². The van der Waals surface area contributed by atoms with Gasteiger partial charge in [0.2, 0.25) is 0 Å². The summed E-state index contributed by atoms with van der Waals surface area (Å²) in [6.07, 6.45) is 6.22. The molecule has 0 spiro atoms. The minimum absolute atomic E-state index is 0.375. The third-order valence-corrected chi connectivity index (χ3v) is 2.05. The second kappa shape index (κ2) is 7.07. The molecule has 0 bridgehead atoms. The zero-order valence-electron chi connectivity index (χ0n) is 7.27. The minimum atomic E-state index is 0.375. The van der Waals surface area contributed by atoms with Gasteiger partial charge in [-0.1, -0.05) is 39.5 Å². The maximum atomic E-state index is 8.83. The SMILES string of the molecule is CCCCC[C@H](CC)CO. The number of unbranched alkanes of at least 4 members (excludes halogenated alkanes) is 2. The lowest BCUT2D eigenvalue weighted by atomic mass is 10.00. The second-order valence-electron chi connectivity index (χ2n) is 2.95. The first-order chi connectivity index (χ1) is 4.85. The summed E-state index contributed by atoms with van der Waals surface area (Å²) in [7, 11) is 0. The van der Waals surface area contributed by atoms with Gasteiger partial charge in [0.05, 0.1) is 0 Å². The Morgan fingerprint density at radius 2 is 1.90 bits per heavy atom. The Hall–Kier alpha value is -0.0400. The monoisotopic (exact) mass is 144 g/mol. The molecule has 0 aliphatic rings. The highest BCUT2D eigenvalue weighted by Crippen LogP contribution is 2.11. The predicted molar refractivity (Wildman–Crippen MR) is 45.0 cm³/mol. The molecule has 0 aromatic carbocycles. The van der Waals surface area contributed by atoms with Gasteiger partial charge in [-0.15, -0.1) is 0 Å². The Labute approximate surface area is 64.5 Å². The molecule has 62 valence electrons. The van der Waals surface area contributed by atoms with Crippen LogP contribution in [0.1, 0.15) is 46.0 Å². The summed E-state index contributed by atoms with van der Waals surface area (Å²) >= 11 is 0. The van der Waals surface area contributed by atoms with Gasteiger partial charge in [0, 0.05) is 6.61 Å². The van der Waals surface area contributed by atoms with E-state index in [0.717, 1.165) is 6.42 Å². The molecule has 0 radical (unpaired) electrons. The van der Waals surface area contributed by atoms with Crippen molar-refractivity contribution in [3.8, 4) is 0 Å². The van der Waals surface area contributed by atoms with Crippen molar-refractivity contribution in [1.29, 1.82) is 0 Å². The average molecular weight is 144 g/mol. The summed E-state index contributed by atoms with van der Waals surface area (Å²) in [6.45, 7) is 4.73. The molecule has 0 fully saturated rings. The summed E-state index contributed by atoms with van der Waals surface area (Å²) in [6, 6.07) is 0. The van der Waals surface area contributed by atoms with Crippen LogP contribution in [-0.2, 0) is 0 Å². The largest absolute Gasteiger partial charge is 0.396 e. The molecule has 0 aromatic heterocycles. The Morgan fingerprint density at radius 3 is 2.30 bits per heavy atom. The van der Waals surface area contributed by atoms with Gasteiger partial charge < -0.3 is 5.11 Å². The van der Waals surface area contributed by atoms with Gasteiger partial charge in [0.1, 0.15) is 0 Å². The lowest BCUT2D eigenvalue weighted by Crippen LogP contribution is -2.03. The molecule has 1 nitrogen and oxygen atoms in total. The molecular formula is C9H20O. The van der Waals surface area contributed by atoms with Crippen LogP contribution >= 0.6 is 0 Å². The van der Waals surface area contributed by atoms with E-state index in [0.29, 0.717) is 12.5 Å². The molecule has 1 atom stereocenters. The van der Waals surface area contributed by atoms with Crippen molar-refractivity contribution in [2.75, 3.05) is 6.61 Å². The first-order valence-electron chi connectivity index (χ1n) is 4.46. The fraction of sp³-hybridized carbons (Fsp3) is 1.00. The summed E-state index contributed by atoms with van der Waals surface area (Å²) < 4.78 is 0. The fourth-order valence-electron chi connectivity index (χ4n) is 1.11. The quantitative estimate of drug-likeness (QED) is 0.568. The van der Waals surface area contributed by atoms with Gasteiger partial charge in [0.15, 0.2) is 0 Å². The molecule has 10 heavy (non-hydrogen) atoms. The van der Waals surface area contributed by atoms with E-state index in [4.69, 9.17) is 5.11 Å². The second-order valence-corrected chi connectivity index (χ2v) is 2.95. The van der Waals surface area contributed by atoms with Gasteiger partial charge in [-0.25, -0.2) is 0 Å². The van der Waals surface area contributed by atoms with E-state index in [-0.39, 0.29) is 0 Å². The molecule has 1 heteroatoms. The number of aliphatic hydroxyl groups is 1. The zero-order valence-corrected chi connectivity index (χ0v) is 7.27. The highest BCUT2D eigenvalue weighted by Gasteiger charge is 2.02. The average Bonchev–Trinajstić information content (AvgIpc) is 1.99. The van der Waals surface area contributed by atoms with Crippen molar-refractivity contribution < 1.29 is 5.11 Å². The molecule has 0 aliphatic heterocycles. The van der Waals surface area contributed by atoms with Crippen LogP contribution in [0.15, 0.2) is 0 Å². The van der Waals surface area contributed by atoms with E-state index in [1.165, 1.54) is 25.7 Å². The van der Waals surface area contributed by atoms with Crippen LogP contribution in [-0.4, -0.2) is 11.7 Å². The van der Waals surface area contributed by atoms with Gasteiger partial charge in [-0.2, -0.15) is 0 Å². The van der Waals surface area contributed by atoms with Crippen LogP contribution in [0.5, 0.6) is 0 Å². The van der Waals surface area contributed by atoms with Crippen molar-refractivity contribution >= 4 is 0 Å². The molecule has 0 heterocycles. The molecule has 0 unspecified atom stereocenters. The van der Waals surface area contributed by atoms with Crippen LogP contribution in [0, 0.1) is 5.92 Å². The van der Waals surface area contributed by atoms with Crippen molar-refractivity contribution in [2.24, 2.45) is 5.92 Å². The first-order valence-corrected chi connectivity index (χ1v) is 4.46. The maximum Gasteiger partial charge on any atom is 0.0459 e. The normalized spacial score (nSPS) is 13.5. The Bertz CT molecular complexity index is 57.7. The Kier molecular flexibility index (Phi) is 7.04. The smallest absolute Gasteiger partial charge is 0.0459 e. The van der Waals surface area contributed by atoms with Crippen molar-refractivity contribution in [3.63, 3.8) is 0 Å². The number of hydrogen-bond acceptors (Lipinski definition) is 1. The summed E-state index contributed by atoms with van der Waals surface area (Å²) in [4.78, 5) is 0. The molecule has 0 saturated carbocycles. The van der Waals surface area contributed by atoms with E-state index >= 15 is 0 Å². The van der Waals surface area contributed by atoms with Crippen LogP contribution < -0.4 is 0 Å². The first kappa shape index (κ1) is 9.96. The summed E-state index contributed by atoms with van der Waals surface area (Å²) in [5.41, 5.74) is 0. The van der Waals surface area contributed by atoms with Crippen LogP contribution in [0.25, 0.3) is 0 Å². The number of hydrogen-bond donors (Lipinski definition) is 1. The van der Waals surface area contributed by atoms with Crippen molar-refractivity contribution in [3.05, 3.63) is 0 Å². The van der Waals surface area contributed by atoms with Gasteiger partial charge >= 0.3 is 0 Å². The van der Waals surface area contributed by atoms with Gasteiger partial charge in [-0.05, 0) is 12.3 Å². The third kappa shape index (κ3) is 4.80. The van der Waals surface area contributed by atoms with Gasteiger partial charge in [-0.3, -0.25) is 0 Å². The maximum absolute atomic E-state index is 8.83. The standard InChI is InChI=1S/C9H20O/c1-3-5-6-7-9(4-2)8-10/h9-10H,3-8H2,1-2H3/t9-/m0/s1.